The third-order valence-electron chi connectivity index (χ3n) is 3.28. The molecule has 0 saturated heterocycles. The predicted molar refractivity (Wildman–Crippen MR) is 82.4 cm³/mol. The van der Waals surface area contributed by atoms with Gasteiger partial charge in [-0.1, -0.05) is 12.1 Å². The summed E-state index contributed by atoms with van der Waals surface area (Å²) in [7, 11) is 0. The van der Waals surface area contributed by atoms with E-state index < -0.39 is 0 Å². The third kappa shape index (κ3) is 3.92. The molecule has 0 aliphatic rings. The van der Waals surface area contributed by atoms with Crippen molar-refractivity contribution in [2.24, 2.45) is 0 Å². The van der Waals surface area contributed by atoms with Crippen LogP contribution >= 0.6 is 0 Å². The topological polar surface area (TPSA) is 67.0 Å². The molecule has 2 rings (SSSR count). The average Bonchev–Trinajstić information content (AvgIpc) is 2.77. The predicted octanol–water partition coefficient (Wildman–Crippen LogP) is 3.20. The highest BCUT2D eigenvalue weighted by atomic mass is 16.5. The van der Waals surface area contributed by atoms with Crippen molar-refractivity contribution >= 4 is 11.7 Å². The minimum atomic E-state index is -0.166. The Kier molecular flexibility index (Phi) is 4.75. The number of carbonyl (C=O) groups excluding carboxylic acids is 1. The summed E-state index contributed by atoms with van der Waals surface area (Å²) in [5.74, 6) is 0.408. The van der Waals surface area contributed by atoms with E-state index in [2.05, 4.69) is 15.5 Å². The quantitative estimate of drug-likeness (QED) is 0.887. The Balaban J connectivity index is 2.01. The molecule has 0 spiro atoms. The van der Waals surface area contributed by atoms with Crippen LogP contribution in [0.25, 0.3) is 0 Å². The van der Waals surface area contributed by atoms with Crippen molar-refractivity contribution in [1.82, 2.24) is 10.2 Å². The van der Waals surface area contributed by atoms with E-state index in [0.29, 0.717) is 18.0 Å². The van der Waals surface area contributed by atoms with Gasteiger partial charge in [0, 0.05) is 16.8 Å². The normalized spacial score (nSPS) is 10.9. The Morgan fingerprint density at radius 1 is 1.29 bits per heavy atom. The second kappa shape index (κ2) is 6.54. The highest BCUT2D eigenvalue weighted by Gasteiger charge is 2.11. The highest BCUT2D eigenvalue weighted by Crippen LogP contribution is 2.15. The fraction of sp³-hybridized carbons (Fsp3) is 0.375. The van der Waals surface area contributed by atoms with Crippen LogP contribution in [0.2, 0.25) is 0 Å². The van der Waals surface area contributed by atoms with E-state index in [4.69, 9.17) is 4.74 Å². The molecule has 1 amide bonds. The molecule has 0 unspecified atom stereocenters. The number of aryl methyl sites for hydroxylation is 1. The molecule has 0 radical (unpaired) electrons. The fourth-order valence-corrected chi connectivity index (χ4v) is 1.80. The second-order valence-electron chi connectivity index (χ2n) is 5.33. The number of amides is 1. The van der Waals surface area contributed by atoms with Crippen LogP contribution in [-0.4, -0.2) is 22.2 Å². The smallest absolute Gasteiger partial charge is 0.256 e. The molecule has 0 aliphatic carbocycles. The average molecular weight is 287 g/mol. The number of rotatable bonds is 5. The number of aromatic nitrogens is 2. The lowest BCUT2D eigenvalue weighted by molar-refractivity contribution is 0.0657. The van der Waals surface area contributed by atoms with Crippen LogP contribution in [-0.2, 0) is 11.3 Å². The minimum Gasteiger partial charge on any atom is -0.374 e. The highest BCUT2D eigenvalue weighted by molar-refractivity contribution is 6.04. The molecule has 5 nitrogen and oxygen atoms in total. The molecule has 0 fully saturated rings. The summed E-state index contributed by atoms with van der Waals surface area (Å²) < 4.78 is 5.53. The van der Waals surface area contributed by atoms with Crippen LogP contribution in [0.4, 0.5) is 5.82 Å². The van der Waals surface area contributed by atoms with Crippen LogP contribution in [0.15, 0.2) is 24.3 Å². The number of anilines is 1. The summed E-state index contributed by atoms with van der Waals surface area (Å²) in [6.07, 6.45) is 0.193. The van der Waals surface area contributed by atoms with Crippen molar-refractivity contribution in [3.63, 3.8) is 0 Å². The van der Waals surface area contributed by atoms with Crippen molar-refractivity contribution < 1.29 is 9.53 Å². The second-order valence-corrected chi connectivity index (χ2v) is 5.33. The Hall–Kier alpha value is -2.14. The van der Waals surface area contributed by atoms with Crippen molar-refractivity contribution in [3.05, 3.63) is 46.6 Å². The Labute approximate surface area is 124 Å². The SMILES string of the molecule is Cc1[nH]nc(NC(=O)c2ccc(COC(C)C)cc2)c1C. The molecule has 0 bridgehead atoms. The van der Waals surface area contributed by atoms with Gasteiger partial charge in [0.2, 0.25) is 0 Å². The van der Waals surface area contributed by atoms with Crippen molar-refractivity contribution in [2.45, 2.75) is 40.4 Å². The van der Waals surface area contributed by atoms with Crippen LogP contribution in [0.1, 0.15) is 41.0 Å². The zero-order chi connectivity index (χ0) is 15.4. The fourth-order valence-electron chi connectivity index (χ4n) is 1.80. The summed E-state index contributed by atoms with van der Waals surface area (Å²) in [6, 6.07) is 7.40. The lowest BCUT2D eigenvalue weighted by Gasteiger charge is -2.08. The van der Waals surface area contributed by atoms with Crippen molar-refractivity contribution in [2.75, 3.05) is 5.32 Å². The van der Waals surface area contributed by atoms with E-state index >= 15 is 0 Å². The monoisotopic (exact) mass is 287 g/mol. The zero-order valence-corrected chi connectivity index (χ0v) is 12.9. The van der Waals surface area contributed by atoms with Gasteiger partial charge in [-0.2, -0.15) is 5.10 Å². The third-order valence-corrected chi connectivity index (χ3v) is 3.28. The van der Waals surface area contributed by atoms with Gasteiger partial charge in [0.15, 0.2) is 5.82 Å². The summed E-state index contributed by atoms with van der Waals surface area (Å²) in [5.41, 5.74) is 3.55. The number of ether oxygens (including phenoxy) is 1. The number of nitrogens with one attached hydrogen (secondary N) is 2. The first-order valence-corrected chi connectivity index (χ1v) is 7.01. The van der Waals surface area contributed by atoms with Crippen LogP contribution in [0, 0.1) is 13.8 Å². The standard InChI is InChI=1S/C16H21N3O2/c1-10(2)21-9-13-5-7-14(8-6-13)16(20)17-15-11(3)12(4)18-19-15/h5-8,10H,9H2,1-4H3,(H2,17,18,19,20). The molecule has 0 atom stereocenters. The summed E-state index contributed by atoms with van der Waals surface area (Å²) in [5, 5.41) is 9.72. The van der Waals surface area contributed by atoms with Crippen LogP contribution in [0.3, 0.4) is 0 Å². The molecule has 112 valence electrons. The summed E-state index contributed by atoms with van der Waals surface area (Å²) in [4.78, 5) is 12.2. The number of hydrogen-bond donors (Lipinski definition) is 2. The van der Waals surface area contributed by atoms with Gasteiger partial charge in [-0.25, -0.2) is 0 Å². The number of nitrogens with zero attached hydrogens (tertiary/aromatic N) is 1. The lowest BCUT2D eigenvalue weighted by Crippen LogP contribution is -2.13. The molecular weight excluding hydrogens is 266 g/mol. The van der Waals surface area contributed by atoms with Gasteiger partial charge in [0.25, 0.3) is 5.91 Å². The number of benzene rings is 1. The van der Waals surface area contributed by atoms with Crippen molar-refractivity contribution in [3.8, 4) is 0 Å². The maximum atomic E-state index is 12.2. The van der Waals surface area contributed by atoms with Crippen molar-refractivity contribution in [1.29, 1.82) is 0 Å². The van der Waals surface area contributed by atoms with Gasteiger partial charge >= 0.3 is 0 Å². The Morgan fingerprint density at radius 3 is 2.48 bits per heavy atom. The van der Waals surface area contributed by atoms with Gasteiger partial charge in [-0.05, 0) is 45.4 Å². The Morgan fingerprint density at radius 2 is 1.95 bits per heavy atom. The van der Waals surface area contributed by atoms with Gasteiger partial charge in [0.05, 0.1) is 12.7 Å². The van der Waals surface area contributed by atoms with E-state index in [1.54, 1.807) is 12.1 Å². The first-order chi connectivity index (χ1) is 9.97. The maximum Gasteiger partial charge on any atom is 0.256 e. The lowest BCUT2D eigenvalue weighted by atomic mass is 10.1. The summed E-state index contributed by atoms with van der Waals surface area (Å²) in [6.45, 7) is 8.38. The van der Waals surface area contributed by atoms with E-state index in [0.717, 1.165) is 16.8 Å². The molecule has 5 heteroatoms. The molecule has 2 aromatic rings. The van der Waals surface area contributed by atoms with E-state index in [-0.39, 0.29) is 12.0 Å². The molecule has 21 heavy (non-hydrogen) atoms. The van der Waals surface area contributed by atoms with Gasteiger partial charge in [-0.15, -0.1) is 0 Å². The van der Waals surface area contributed by atoms with Crippen LogP contribution in [0.5, 0.6) is 0 Å². The molecule has 2 N–H and O–H groups in total. The van der Waals surface area contributed by atoms with E-state index in [1.807, 2.05) is 39.8 Å². The van der Waals surface area contributed by atoms with Gasteiger partial charge in [0.1, 0.15) is 0 Å². The number of H-pyrrole nitrogens is 1. The largest absolute Gasteiger partial charge is 0.374 e. The first-order valence-electron chi connectivity index (χ1n) is 7.01. The van der Waals surface area contributed by atoms with E-state index in [9.17, 15) is 4.79 Å². The number of hydrogen-bond acceptors (Lipinski definition) is 3. The number of carbonyl (C=O) groups is 1. The summed E-state index contributed by atoms with van der Waals surface area (Å²) >= 11 is 0. The molecule has 1 aromatic heterocycles. The maximum absolute atomic E-state index is 12.2. The minimum absolute atomic E-state index is 0.166. The van der Waals surface area contributed by atoms with Gasteiger partial charge < -0.3 is 10.1 Å². The molecular formula is C16H21N3O2. The van der Waals surface area contributed by atoms with E-state index in [1.165, 1.54) is 0 Å². The molecule has 1 heterocycles. The van der Waals surface area contributed by atoms with Gasteiger partial charge in [-0.3, -0.25) is 9.89 Å². The zero-order valence-electron chi connectivity index (χ0n) is 12.9. The number of aromatic amines is 1. The molecule has 0 saturated carbocycles. The van der Waals surface area contributed by atoms with Crippen LogP contribution < -0.4 is 5.32 Å². The molecule has 0 aliphatic heterocycles. The Bertz CT molecular complexity index is 615. The first kappa shape index (κ1) is 15.3. The molecule has 1 aromatic carbocycles.